The third-order valence-corrected chi connectivity index (χ3v) is 4.81. The van der Waals surface area contributed by atoms with Crippen molar-refractivity contribution in [1.29, 1.82) is 0 Å². The normalized spacial score (nSPS) is 10.8. The molecule has 0 fully saturated rings. The van der Waals surface area contributed by atoms with Crippen LogP contribution in [0.4, 0.5) is 5.69 Å². The Morgan fingerprint density at radius 1 is 1.35 bits per heavy atom. The third-order valence-electron chi connectivity index (χ3n) is 2.57. The van der Waals surface area contributed by atoms with Crippen LogP contribution < -0.4 is 5.73 Å². The van der Waals surface area contributed by atoms with Crippen molar-refractivity contribution in [2.45, 2.75) is 10.6 Å². The van der Waals surface area contributed by atoms with Gasteiger partial charge in [-0.05, 0) is 29.6 Å². The van der Waals surface area contributed by atoms with Crippen LogP contribution >= 0.6 is 39.0 Å². The number of rotatable bonds is 4. The van der Waals surface area contributed by atoms with Crippen molar-refractivity contribution in [3.8, 4) is 11.5 Å². The Hall–Kier alpha value is -1.31. The van der Waals surface area contributed by atoms with Crippen LogP contribution in [0.15, 0.2) is 48.9 Å². The summed E-state index contributed by atoms with van der Waals surface area (Å²) in [6.45, 7) is 0. The molecule has 0 amide bonds. The van der Waals surface area contributed by atoms with Crippen LogP contribution in [0.2, 0.25) is 0 Å². The molecule has 0 spiro atoms. The number of benzene rings is 1. The molecular weight excluding hydrogens is 358 g/mol. The molecule has 0 aliphatic heterocycles. The summed E-state index contributed by atoms with van der Waals surface area (Å²) in [5.41, 5.74) is 7.64. The lowest BCUT2D eigenvalue weighted by Gasteiger charge is -2.03. The lowest BCUT2D eigenvalue weighted by atomic mass is 10.3. The van der Waals surface area contributed by atoms with Gasteiger partial charge in [-0.25, -0.2) is 0 Å². The number of aromatic nitrogens is 2. The number of nitrogens with two attached hydrogens (primary N) is 1. The van der Waals surface area contributed by atoms with Crippen molar-refractivity contribution in [2.24, 2.45) is 0 Å². The Balaban J connectivity index is 1.71. The van der Waals surface area contributed by atoms with Crippen molar-refractivity contribution >= 4 is 44.7 Å². The largest absolute Gasteiger partial charge is 0.398 e. The van der Waals surface area contributed by atoms with Crippen molar-refractivity contribution in [3.63, 3.8) is 0 Å². The van der Waals surface area contributed by atoms with Gasteiger partial charge in [0.15, 0.2) is 5.82 Å². The molecule has 3 aromatic rings. The van der Waals surface area contributed by atoms with Crippen LogP contribution in [0, 0.1) is 0 Å². The Kier molecular flexibility index (Phi) is 4.09. The van der Waals surface area contributed by atoms with Crippen LogP contribution in [-0.4, -0.2) is 10.1 Å². The van der Waals surface area contributed by atoms with Crippen LogP contribution in [-0.2, 0) is 5.75 Å². The van der Waals surface area contributed by atoms with Crippen LogP contribution in [0.25, 0.3) is 11.5 Å². The van der Waals surface area contributed by atoms with Gasteiger partial charge in [-0.15, -0.1) is 11.8 Å². The van der Waals surface area contributed by atoms with Gasteiger partial charge in [0, 0.05) is 20.4 Å². The van der Waals surface area contributed by atoms with E-state index in [4.69, 9.17) is 10.3 Å². The number of nitrogen functional groups attached to an aromatic ring is 1. The molecule has 1 aromatic carbocycles. The summed E-state index contributed by atoms with van der Waals surface area (Å²) >= 11 is 6.63. The van der Waals surface area contributed by atoms with Crippen LogP contribution in [0.5, 0.6) is 0 Å². The Labute approximate surface area is 132 Å². The van der Waals surface area contributed by atoms with Gasteiger partial charge in [-0.1, -0.05) is 21.1 Å². The summed E-state index contributed by atoms with van der Waals surface area (Å²) in [5, 5.41) is 7.95. The zero-order valence-corrected chi connectivity index (χ0v) is 13.5. The minimum Gasteiger partial charge on any atom is -0.398 e. The number of thioether (sulfide) groups is 1. The molecule has 20 heavy (non-hydrogen) atoms. The molecule has 0 atom stereocenters. The number of anilines is 1. The Bertz CT molecular complexity index is 712. The van der Waals surface area contributed by atoms with Gasteiger partial charge in [-0.3, -0.25) is 0 Å². The van der Waals surface area contributed by atoms with E-state index >= 15 is 0 Å². The Morgan fingerprint density at radius 2 is 2.25 bits per heavy atom. The summed E-state index contributed by atoms with van der Waals surface area (Å²) < 4.78 is 6.24. The van der Waals surface area contributed by atoms with Gasteiger partial charge in [0.25, 0.3) is 5.89 Å². The van der Waals surface area contributed by atoms with Gasteiger partial charge in [0.05, 0.1) is 11.3 Å². The van der Waals surface area contributed by atoms with Crippen molar-refractivity contribution in [1.82, 2.24) is 10.1 Å². The molecule has 7 heteroatoms. The summed E-state index contributed by atoms with van der Waals surface area (Å²) in [5.74, 6) is 1.84. The first-order valence-electron chi connectivity index (χ1n) is 5.75. The molecule has 102 valence electrons. The first-order valence-corrected chi connectivity index (χ1v) is 8.47. The van der Waals surface area contributed by atoms with E-state index in [1.807, 2.05) is 35.0 Å². The molecule has 0 saturated heterocycles. The van der Waals surface area contributed by atoms with Crippen molar-refractivity contribution in [2.75, 3.05) is 5.73 Å². The maximum Gasteiger partial charge on any atom is 0.258 e. The van der Waals surface area contributed by atoms with Gasteiger partial charge < -0.3 is 10.3 Å². The molecular formula is C13H10BrN3OS2. The first-order chi connectivity index (χ1) is 9.72. The second-order valence-electron chi connectivity index (χ2n) is 4.00. The molecule has 2 N–H and O–H groups in total. The van der Waals surface area contributed by atoms with Crippen molar-refractivity contribution in [3.05, 3.63) is 45.3 Å². The lowest BCUT2D eigenvalue weighted by Crippen LogP contribution is -1.90. The third kappa shape index (κ3) is 3.05. The van der Waals surface area contributed by atoms with E-state index in [0.29, 0.717) is 17.5 Å². The molecule has 0 radical (unpaired) electrons. The average molecular weight is 368 g/mol. The average Bonchev–Trinajstić information content (AvgIpc) is 3.09. The highest BCUT2D eigenvalue weighted by atomic mass is 79.9. The number of hydrogen-bond donors (Lipinski definition) is 1. The number of hydrogen-bond acceptors (Lipinski definition) is 6. The molecule has 3 rings (SSSR count). The minimum atomic E-state index is 0.559. The fourth-order valence-electron chi connectivity index (χ4n) is 1.59. The van der Waals surface area contributed by atoms with E-state index in [2.05, 4.69) is 26.1 Å². The highest BCUT2D eigenvalue weighted by Crippen LogP contribution is 2.30. The van der Waals surface area contributed by atoms with Crippen molar-refractivity contribution < 1.29 is 4.52 Å². The molecule has 0 aliphatic rings. The zero-order chi connectivity index (χ0) is 13.9. The van der Waals surface area contributed by atoms with E-state index in [0.717, 1.165) is 20.6 Å². The predicted octanol–water partition coefficient (Wildman–Crippen LogP) is 4.44. The van der Waals surface area contributed by atoms with Crippen LogP contribution in [0.1, 0.15) is 5.82 Å². The van der Waals surface area contributed by atoms with Crippen LogP contribution in [0.3, 0.4) is 0 Å². The van der Waals surface area contributed by atoms with Gasteiger partial charge in [0.2, 0.25) is 0 Å². The van der Waals surface area contributed by atoms with E-state index in [1.54, 1.807) is 23.1 Å². The maximum atomic E-state index is 5.93. The summed E-state index contributed by atoms with van der Waals surface area (Å²) in [6.07, 6.45) is 0. The lowest BCUT2D eigenvalue weighted by molar-refractivity contribution is 0.425. The highest BCUT2D eigenvalue weighted by molar-refractivity contribution is 9.10. The van der Waals surface area contributed by atoms with Gasteiger partial charge in [-0.2, -0.15) is 16.3 Å². The topological polar surface area (TPSA) is 64.9 Å². The molecule has 0 aliphatic carbocycles. The standard InChI is InChI=1S/C13H10BrN3OS2/c14-9-1-2-10(15)11(5-9)20-7-12-16-13(18-17-12)8-3-4-19-6-8/h1-6H,7,15H2. The molecule has 2 aromatic heterocycles. The van der Waals surface area contributed by atoms with E-state index in [9.17, 15) is 0 Å². The molecule has 4 nitrogen and oxygen atoms in total. The van der Waals surface area contributed by atoms with E-state index in [-0.39, 0.29) is 0 Å². The second-order valence-corrected chi connectivity index (χ2v) is 6.71. The monoisotopic (exact) mass is 367 g/mol. The second kappa shape index (κ2) is 5.99. The summed E-state index contributed by atoms with van der Waals surface area (Å²) in [6, 6.07) is 7.74. The first kappa shape index (κ1) is 13.7. The molecule has 0 bridgehead atoms. The van der Waals surface area contributed by atoms with E-state index in [1.165, 1.54) is 0 Å². The van der Waals surface area contributed by atoms with Gasteiger partial charge in [0.1, 0.15) is 0 Å². The fourth-order valence-corrected chi connectivity index (χ4v) is 3.58. The summed E-state index contributed by atoms with van der Waals surface area (Å²) in [7, 11) is 0. The zero-order valence-electron chi connectivity index (χ0n) is 10.2. The summed E-state index contributed by atoms with van der Waals surface area (Å²) in [4.78, 5) is 5.38. The Morgan fingerprint density at radius 3 is 3.05 bits per heavy atom. The smallest absolute Gasteiger partial charge is 0.258 e. The fraction of sp³-hybridized carbons (Fsp3) is 0.0769. The minimum absolute atomic E-state index is 0.559. The SMILES string of the molecule is Nc1ccc(Br)cc1SCc1noc(-c2ccsc2)n1. The predicted molar refractivity (Wildman–Crippen MR) is 85.7 cm³/mol. The van der Waals surface area contributed by atoms with Gasteiger partial charge >= 0.3 is 0 Å². The van der Waals surface area contributed by atoms with E-state index < -0.39 is 0 Å². The maximum absolute atomic E-state index is 5.93. The number of halogens is 1. The number of nitrogens with zero attached hydrogens (tertiary/aromatic N) is 2. The highest BCUT2D eigenvalue weighted by Gasteiger charge is 2.10. The number of thiophene rings is 1. The quantitative estimate of drug-likeness (QED) is 0.545. The molecule has 2 heterocycles. The molecule has 0 saturated carbocycles. The molecule has 0 unspecified atom stereocenters.